The quantitative estimate of drug-likeness (QED) is 0.789. The molecule has 2 saturated heterocycles. The van der Waals surface area contributed by atoms with Gasteiger partial charge in [-0.2, -0.15) is 0 Å². The molecular formula is C20H25N3O5. The van der Waals surface area contributed by atoms with Crippen LogP contribution in [0.5, 0.6) is 0 Å². The molecule has 3 aliphatic rings. The number of amides is 2. The van der Waals surface area contributed by atoms with Gasteiger partial charge in [-0.3, -0.25) is 9.59 Å². The number of hydrogen-bond donors (Lipinski definition) is 1. The molecule has 150 valence electrons. The molecule has 2 amide bonds. The second-order valence-electron chi connectivity index (χ2n) is 7.82. The van der Waals surface area contributed by atoms with Crippen molar-refractivity contribution in [1.82, 2.24) is 4.90 Å². The van der Waals surface area contributed by atoms with Gasteiger partial charge in [0.15, 0.2) is 0 Å². The fourth-order valence-electron chi connectivity index (χ4n) is 4.62. The smallest absolute Gasteiger partial charge is 0.331 e. The van der Waals surface area contributed by atoms with Crippen molar-refractivity contribution in [2.45, 2.75) is 43.9 Å². The maximum Gasteiger partial charge on any atom is 0.331 e. The Morgan fingerprint density at radius 3 is 2.79 bits per heavy atom. The summed E-state index contributed by atoms with van der Waals surface area (Å²) in [5.74, 6) is -0.783. The molecule has 0 radical (unpaired) electrons. The van der Waals surface area contributed by atoms with Crippen molar-refractivity contribution in [3.05, 3.63) is 23.8 Å². The zero-order valence-corrected chi connectivity index (χ0v) is 16.4. The predicted octanol–water partition coefficient (Wildman–Crippen LogP) is 1.40. The molecule has 3 unspecified atom stereocenters. The first kappa shape index (κ1) is 18.7. The number of ether oxygens (including phenoxy) is 2. The number of nitrogens with one attached hydrogen (secondary N) is 1. The molecule has 0 saturated carbocycles. The number of anilines is 2. The van der Waals surface area contributed by atoms with Crippen LogP contribution in [0.15, 0.2) is 18.2 Å². The summed E-state index contributed by atoms with van der Waals surface area (Å²) in [5, 5.41) is 2.92. The van der Waals surface area contributed by atoms with E-state index in [4.69, 9.17) is 9.47 Å². The summed E-state index contributed by atoms with van der Waals surface area (Å²) in [6.07, 6.45) is 1.95. The SMILES string of the molecule is COC(=O)C1(C)CC(OC)CN1C(=O)c1ccc2c(c1)NC(=O)C1CCCN21. The van der Waals surface area contributed by atoms with Crippen LogP contribution in [0.3, 0.4) is 0 Å². The molecule has 0 aromatic heterocycles. The first-order valence-electron chi connectivity index (χ1n) is 9.54. The second kappa shape index (κ2) is 6.77. The number of carbonyl (C=O) groups excluding carboxylic acids is 3. The first-order valence-corrected chi connectivity index (χ1v) is 9.54. The third-order valence-corrected chi connectivity index (χ3v) is 6.18. The van der Waals surface area contributed by atoms with Crippen LogP contribution >= 0.6 is 0 Å². The van der Waals surface area contributed by atoms with Gasteiger partial charge in [-0.1, -0.05) is 0 Å². The number of likely N-dealkylation sites (tertiary alicyclic amines) is 1. The minimum atomic E-state index is -1.09. The highest BCUT2D eigenvalue weighted by molar-refractivity contribution is 6.06. The second-order valence-corrected chi connectivity index (χ2v) is 7.82. The number of esters is 1. The topological polar surface area (TPSA) is 88.2 Å². The lowest BCUT2D eigenvalue weighted by Crippen LogP contribution is -2.51. The number of nitrogens with zero attached hydrogens (tertiary/aromatic N) is 2. The van der Waals surface area contributed by atoms with Gasteiger partial charge < -0.3 is 24.6 Å². The van der Waals surface area contributed by atoms with Crippen molar-refractivity contribution >= 4 is 29.2 Å². The Labute approximate surface area is 163 Å². The minimum absolute atomic E-state index is 0.0328. The zero-order chi connectivity index (χ0) is 20.1. The highest BCUT2D eigenvalue weighted by Crippen LogP contribution is 2.38. The molecule has 0 aliphatic carbocycles. The van der Waals surface area contributed by atoms with Gasteiger partial charge in [0.05, 0.1) is 24.6 Å². The maximum absolute atomic E-state index is 13.3. The molecule has 1 aromatic carbocycles. The highest BCUT2D eigenvalue weighted by Gasteiger charge is 2.51. The summed E-state index contributed by atoms with van der Waals surface area (Å²) in [5.41, 5.74) is 0.900. The van der Waals surface area contributed by atoms with Gasteiger partial charge in [-0.25, -0.2) is 4.79 Å². The third-order valence-electron chi connectivity index (χ3n) is 6.18. The number of methoxy groups -OCH3 is 2. The van der Waals surface area contributed by atoms with E-state index in [9.17, 15) is 14.4 Å². The molecule has 8 nitrogen and oxygen atoms in total. The van der Waals surface area contributed by atoms with Crippen molar-refractivity contribution in [2.75, 3.05) is 37.5 Å². The van der Waals surface area contributed by atoms with Crippen LogP contribution in [0.25, 0.3) is 0 Å². The normalized spacial score (nSPS) is 28.6. The summed E-state index contributed by atoms with van der Waals surface area (Å²) < 4.78 is 10.4. The van der Waals surface area contributed by atoms with E-state index in [1.807, 2.05) is 6.07 Å². The van der Waals surface area contributed by atoms with Gasteiger partial charge >= 0.3 is 5.97 Å². The van der Waals surface area contributed by atoms with Crippen molar-refractivity contribution in [2.24, 2.45) is 0 Å². The Morgan fingerprint density at radius 2 is 2.07 bits per heavy atom. The summed E-state index contributed by atoms with van der Waals surface area (Å²) in [4.78, 5) is 41.7. The van der Waals surface area contributed by atoms with Gasteiger partial charge in [-0.05, 0) is 38.0 Å². The van der Waals surface area contributed by atoms with Gasteiger partial charge in [0.25, 0.3) is 5.91 Å². The molecule has 4 rings (SSSR count). The lowest BCUT2D eigenvalue weighted by molar-refractivity contribution is -0.151. The largest absolute Gasteiger partial charge is 0.467 e. The van der Waals surface area contributed by atoms with E-state index in [0.717, 1.165) is 25.1 Å². The molecule has 3 atom stereocenters. The highest BCUT2D eigenvalue weighted by atomic mass is 16.5. The van der Waals surface area contributed by atoms with E-state index in [-0.39, 0.29) is 24.0 Å². The molecule has 2 fully saturated rings. The summed E-state index contributed by atoms with van der Waals surface area (Å²) >= 11 is 0. The average molecular weight is 387 g/mol. The van der Waals surface area contributed by atoms with Gasteiger partial charge in [0, 0.05) is 32.2 Å². The Kier molecular flexibility index (Phi) is 4.53. The van der Waals surface area contributed by atoms with Crippen molar-refractivity contribution in [1.29, 1.82) is 0 Å². The molecule has 1 aromatic rings. The molecule has 28 heavy (non-hydrogen) atoms. The third kappa shape index (κ3) is 2.74. The summed E-state index contributed by atoms with van der Waals surface area (Å²) in [7, 11) is 2.88. The fourth-order valence-corrected chi connectivity index (χ4v) is 4.62. The number of hydrogen-bond acceptors (Lipinski definition) is 6. The molecule has 3 heterocycles. The zero-order valence-electron chi connectivity index (χ0n) is 16.4. The number of fused-ring (bicyclic) bond motifs is 3. The fraction of sp³-hybridized carbons (Fsp3) is 0.550. The average Bonchev–Trinajstić information content (AvgIpc) is 3.32. The molecule has 3 aliphatic heterocycles. The van der Waals surface area contributed by atoms with Crippen LogP contribution in [0.1, 0.15) is 36.5 Å². The van der Waals surface area contributed by atoms with Crippen molar-refractivity contribution in [3.63, 3.8) is 0 Å². The number of carbonyl (C=O) groups is 3. The van der Waals surface area contributed by atoms with Gasteiger partial charge in [0.1, 0.15) is 11.6 Å². The minimum Gasteiger partial charge on any atom is -0.467 e. The van der Waals surface area contributed by atoms with Crippen molar-refractivity contribution < 1.29 is 23.9 Å². The maximum atomic E-state index is 13.3. The van der Waals surface area contributed by atoms with Crippen LogP contribution in [-0.2, 0) is 19.1 Å². The van der Waals surface area contributed by atoms with Gasteiger partial charge in [-0.15, -0.1) is 0 Å². The van der Waals surface area contributed by atoms with Crippen LogP contribution in [0.4, 0.5) is 11.4 Å². The molecular weight excluding hydrogens is 362 g/mol. The van der Waals surface area contributed by atoms with E-state index < -0.39 is 11.5 Å². The number of benzene rings is 1. The van der Waals surface area contributed by atoms with Crippen LogP contribution in [0.2, 0.25) is 0 Å². The van der Waals surface area contributed by atoms with E-state index in [1.54, 1.807) is 26.2 Å². The Balaban J connectivity index is 1.66. The Morgan fingerprint density at radius 1 is 1.29 bits per heavy atom. The van der Waals surface area contributed by atoms with Crippen LogP contribution < -0.4 is 10.2 Å². The predicted molar refractivity (Wildman–Crippen MR) is 102 cm³/mol. The molecule has 8 heteroatoms. The van der Waals surface area contributed by atoms with Crippen LogP contribution in [0, 0.1) is 0 Å². The Bertz CT molecular complexity index is 841. The number of rotatable bonds is 3. The summed E-state index contributed by atoms with van der Waals surface area (Å²) in [6, 6.07) is 5.20. The van der Waals surface area contributed by atoms with E-state index in [0.29, 0.717) is 24.2 Å². The van der Waals surface area contributed by atoms with Gasteiger partial charge in [0.2, 0.25) is 5.91 Å². The molecule has 0 spiro atoms. The molecule has 0 bridgehead atoms. The van der Waals surface area contributed by atoms with E-state index >= 15 is 0 Å². The van der Waals surface area contributed by atoms with Crippen molar-refractivity contribution in [3.8, 4) is 0 Å². The monoisotopic (exact) mass is 387 g/mol. The standard InChI is InChI=1S/C20H25N3O5/c1-20(19(26)28-3)10-13(27-2)11-23(20)18(25)12-6-7-15-14(9-12)21-17(24)16-5-4-8-22(15)16/h6-7,9,13,16H,4-5,8,10-11H2,1-3H3,(H,21,24). The first-order chi connectivity index (χ1) is 13.4. The Hall–Kier alpha value is -2.61. The van der Waals surface area contributed by atoms with Crippen LogP contribution in [-0.4, -0.2) is 67.7 Å². The lowest BCUT2D eigenvalue weighted by Gasteiger charge is -2.34. The van der Waals surface area contributed by atoms with E-state index in [1.165, 1.54) is 12.0 Å². The molecule has 1 N–H and O–H groups in total. The lowest BCUT2D eigenvalue weighted by atomic mass is 9.97. The van der Waals surface area contributed by atoms with E-state index in [2.05, 4.69) is 10.2 Å². The summed E-state index contributed by atoms with van der Waals surface area (Å²) in [6.45, 7) is 2.84.